The lowest BCUT2D eigenvalue weighted by Gasteiger charge is -2.32. The van der Waals surface area contributed by atoms with Crippen LogP contribution in [-0.4, -0.2) is 23.1 Å². The van der Waals surface area contributed by atoms with Gasteiger partial charge in [-0.1, -0.05) is 90.1 Å². The molecule has 0 bridgehead atoms. The second-order valence-electron chi connectivity index (χ2n) is 10.1. The second kappa shape index (κ2) is 11.0. The number of piperidine rings is 1. The SMILES string of the molecule is c1ccc(CN2CCC(CCc3noc4cccc(Nc5ccccc5-c5ccccc5)c34)CC2)cc1. The third-order valence-electron chi connectivity index (χ3n) is 7.60. The smallest absolute Gasteiger partial charge is 0.169 e. The predicted octanol–water partition coefficient (Wildman–Crippen LogP) is 8.08. The van der Waals surface area contributed by atoms with E-state index in [-0.39, 0.29) is 0 Å². The molecule has 0 radical (unpaired) electrons. The molecule has 4 heteroatoms. The Balaban J connectivity index is 1.14. The molecule has 5 aromatic rings. The molecule has 6 rings (SSSR count). The van der Waals surface area contributed by atoms with Crippen LogP contribution in [0.15, 0.2) is 108 Å². The Bertz CT molecular complexity index is 1440. The topological polar surface area (TPSA) is 41.3 Å². The number of rotatable bonds is 8. The van der Waals surface area contributed by atoms with E-state index in [0.717, 1.165) is 53.3 Å². The lowest BCUT2D eigenvalue weighted by atomic mass is 9.91. The molecule has 1 aromatic heterocycles. The fraction of sp³-hybridized carbons (Fsp3) is 0.242. The van der Waals surface area contributed by atoms with E-state index >= 15 is 0 Å². The summed E-state index contributed by atoms with van der Waals surface area (Å²) >= 11 is 0. The maximum atomic E-state index is 5.77. The van der Waals surface area contributed by atoms with Gasteiger partial charge in [0.1, 0.15) is 0 Å². The number of anilines is 2. The van der Waals surface area contributed by atoms with Crippen molar-refractivity contribution < 1.29 is 4.52 Å². The summed E-state index contributed by atoms with van der Waals surface area (Å²) in [6.45, 7) is 3.39. The van der Waals surface area contributed by atoms with Crippen LogP contribution < -0.4 is 5.32 Å². The van der Waals surface area contributed by atoms with E-state index in [2.05, 4.69) is 106 Å². The molecule has 1 aliphatic heterocycles. The van der Waals surface area contributed by atoms with Crippen LogP contribution >= 0.6 is 0 Å². The quantitative estimate of drug-likeness (QED) is 0.240. The highest BCUT2D eigenvalue weighted by Crippen LogP contribution is 2.35. The van der Waals surface area contributed by atoms with Crippen molar-refractivity contribution in [3.8, 4) is 11.1 Å². The van der Waals surface area contributed by atoms with E-state index in [4.69, 9.17) is 4.52 Å². The molecule has 186 valence electrons. The van der Waals surface area contributed by atoms with E-state index in [0.29, 0.717) is 0 Å². The number of fused-ring (bicyclic) bond motifs is 1. The Morgan fingerprint density at radius 3 is 2.27 bits per heavy atom. The molecule has 0 saturated carbocycles. The van der Waals surface area contributed by atoms with Crippen LogP contribution in [0, 0.1) is 5.92 Å². The first-order valence-electron chi connectivity index (χ1n) is 13.4. The summed E-state index contributed by atoms with van der Waals surface area (Å²) in [4.78, 5) is 2.59. The zero-order chi connectivity index (χ0) is 24.9. The Kier molecular flexibility index (Phi) is 7.00. The largest absolute Gasteiger partial charge is 0.356 e. The van der Waals surface area contributed by atoms with Gasteiger partial charge in [0.05, 0.1) is 16.8 Å². The number of benzene rings is 4. The summed E-state index contributed by atoms with van der Waals surface area (Å²) in [6, 6.07) is 36.0. The van der Waals surface area contributed by atoms with Crippen molar-refractivity contribution in [2.45, 2.75) is 32.2 Å². The van der Waals surface area contributed by atoms with E-state index in [9.17, 15) is 0 Å². The number of nitrogens with one attached hydrogen (secondary N) is 1. The Labute approximate surface area is 218 Å². The summed E-state index contributed by atoms with van der Waals surface area (Å²) in [5.74, 6) is 0.734. The van der Waals surface area contributed by atoms with Crippen molar-refractivity contribution in [3.63, 3.8) is 0 Å². The van der Waals surface area contributed by atoms with Gasteiger partial charge in [0, 0.05) is 17.8 Å². The molecule has 37 heavy (non-hydrogen) atoms. The predicted molar refractivity (Wildman–Crippen MR) is 152 cm³/mol. The second-order valence-corrected chi connectivity index (χ2v) is 10.1. The van der Waals surface area contributed by atoms with E-state index in [1.807, 2.05) is 12.1 Å². The van der Waals surface area contributed by atoms with Crippen molar-refractivity contribution in [1.82, 2.24) is 10.1 Å². The average molecular weight is 488 g/mol. The first-order chi connectivity index (χ1) is 18.3. The average Bonchev–Trinajstić information content (AvgIpc) is 3.38. The molecule has 4 nitrogen and oxygen atoms in total. The monoisotopic (exact) mass is 487 g/mol. The maximum Gasteiger partial charge on any atom is 0.169 e. The molecule has 1 saturated heterocycles. The number of aromatic nitrogens is 1. The third kappa shape index (κ3) is 5.45. The molecule has 2 heterocycles. The van der Waals surface area contributed by atoms with Gasteiger partial charge in [0.2, 0.25) is 0 Å². The maximum absolute atomic E-state index is 5.77. The summed E-state index contributed by atoms with van der Waals surface area (Å²) in [5, 5.41) is 9.31. The number of aryl methyl sites for hydroxylation is 1. The van der Waals surface area contributed by atoms with E-state index in [1.54, 1.807) is 0 Å². The fourth-order valence-electron chi connectivity index (χ4n) is 5.55. The minimum atomic E-state index is 0.734. The van der Waals surface area contributed by atoms with Gasteiger partial charge in [-0.15, -0.1) is 0 Å². The zero-order valence-electron chi connectivity index (χ0n) is 21.1. The van der Waals surface area contributed by atoms with Crippen molar-refractivity contribution >= 4 is 22.3 Å². The minimum Gasteiger partial charge on any atom is -0.356 e. The Morgan fingerprint density at radius 2 is 1.46 bits per heavy atom. The third-order valence-corrected chi connectivity index (χ3v) is 7.60. The van der Waals surface area contributed by atoms with Crippen LogP contribution in [0.5, 0.6) is 0 Å². The molecular weight excluding hydrogens is 454 g/mol. The normalized spacial score (nSPS) is 14.7. The molecule has 1 N–H and O–H groups in total. The molecular formula is C33H33N3O. The fourth-order valence-corrected chi connectivity index (χ4v) is 5.55. The highest BCUT2D eigenvalue weighted by atomic mass is 16.5. The Hall–Kier alpha value is -3.89. The number of hydrogen-bond donors (Lipinski definition) is 1. The van der Waals surface area contributed by atoms with Crippen LogP contribution in [0.4, 0.5) is 11.4 Å². The number of nitrogens with zero attached hydrogens (tertiary/aromatic N) is 2. The number of para-hydroxylation sites is 1. The molecule has 0 spiro atoms. The van der Waals surface area contributed by atoms with Crippen molar-refractivity contribution in [1.29, 1.82) is 0 Å². The number of hydrogen-bond acceptors (Lipinski definition) is 4. The van der Waals surface area contributed by atoms with Gasteiger partial charge >= 0.3 is 0 Å². The zero-order valence-corrected chi connectivity index (χ0v) is 21.1. The van der Waals surface area contributed by atoms with Gasteiger partial charge in [0.15, 0.2) is 5.58 Å². The molecule has 0 unspecified atom stereocenters. The first-order valence-corrected chi connectivity index (χ1v) is 13.4. The van der Waals surface area contributed by atoms with Gasteiger partial charge in [-0.05, 0) is 74.0 Å². The van der Waals surface area contributed by atoms with Gasteiger partial charge in [-0.2, -0.15) is 0 Å². The highest BCUT2D eigenvalue weighted by molar-refractivity contribution is 5.95. The van der Waals surface area contributed by atoms with Crippen LogP contribution in [0.3, 0.4) is 0 Å². The van der Waals surface area contributed by atoms with Gasteiger partial charge in [-0.25, -0.2) is 0 Å². The van der Waals surface area contributed by atoms with E-state index in [1.165, 1.54) is 42.6 Å². The van der Waals surface area contributed by atoms with Crippen molar-refractivity contribution in [3.05, 3.63) is 114 Å². The molecule has 0 atom stereocenters. The lowest BCUT2D eigenvalue weighted by Crippen LogP contribution is -2.33. The molecule has 0 amide bonds. The minimum absolute atomic E-state index is 0.734. The summed E-state index contributed by atoms with van der Waals surface area (Å²) in [6.07, 6.45) is 4.58. The van der Waals surface area contributed by atoms with Crippen LogP contribution in [-0.2, 0) is 13.0 Å². The standard InChI is InChI=1S/C33H33N3O/c1-3-10-26(11-4-1)24-36-22-20-25(21-23-36)18-19-31-33-30(16-9-17-32(33)37-35-31)34-29-15-8-7-14-28(29)27-12-5-2-6-13-27/h1-17,25,34H,18-24H2. The summed E-state index contributed by atoms with van der Waals surface area (Å²) in [5.41, 5.74) is 7.82. The molecule has 0 aliphatic carbocycles. The Morgan fingerprint density at radius 1 is 0.757 bits per heavy atom. The first kappa shape index (κ1) is 23.5. The number of likely N-dealkylation sites (tertiary alicyclic amines) is 1. The van der Waals surface area contributed by atoms with Crippen molar-refractivity contribution in [2.75, 3.05) is 18.4 Å². The summed E-state index contributed by atoms with van der Waals surface area (Å²) in [7, 11) is 0. The summed E-state index contributed by atoms with van der Waals surface area (Å²) < 4.78 is 5.77. The van der Waals surface area contributed by atoms with Gasteiger partial charge in [0.25, 0.3) is 0 Å². The van der Waals surface area contributed by atoms with Crippen LogP contribution in [0.25, 0.3) is 22.1 Å². The van der Waals surface area contributed by atoms with Gasteiger partial charge in [-0.3, -0.25) is 4.90 Å². The van der Waals surface area contributed by atoms with Crippen LogP contribution in [0.1, 0.15) is 30.5 Å². The molecule has 1 aliphatic rings. The molecule has 1 fully saturated rings. The van der Waals surface area contributed by atoms with Crippen LogP contribution in [0.2, 0.25) is 0 Å². The van der Waals surface area contributed by atoms with Gasteiger partial charge < -0.3 is 9.84 Å². The lowest BCUT2D eigenvalue weighted by molar-refractivity contribution is 0.172. The highest BCUT2D eigenvalue weighted by Gasteiger charge is 2.21. The molecule has 4 aromatic carbocycles. The van der Waals surface area contributed by atoms with Crippen molar-refractivity contribution in [2.24, 2.45) is 5.92 Å². The van der Waals surface area contributed by atoms with E-state index < -0.39 is 0 Å².